The Morgan fingerprint density at radius 3 is 2.60 bits per heavy atom. The predicted octanol–water partition coefficient (Wildman–Crippen LogP) is 2.80. The van der Waals surface area contributed by atoms with E-state index < -0.39 is 17.8 Å². The van der Waals surface area contributed by atoms with E-state index in [-0.39, 0.29) is 5.56 Å². The summed E-state index contributed by atoms with van der Waals surface area (Å²) in [6, 6.07) is 12.6. The van der Waals surface area contributed by atoms with Crippen molar-refractivity contribution in [3.63, 3.8) is 0 Å². The van der Waals surface area contributed by atoms with Crippen molar-refractivity contribution in [3.05, 3.63) is 70.5 Å². The van der Waals surface area contributed by atoms with Crippen LogP contribution in [0, 0.1) is 5.82 Å². The van der Waals surface area contributed by atoms with Crippen molar-refractivity contribution in [3.8, 4) is 0 Å². The van der Waals surface area contributed by atoms with E-state index >= 15 is 0 Å². The number of hydrogen-bond acceptors (Lipinski definition) is 2. The van der Waals surface area contributed by atoms with Crippen LogP contribution in [0.4, 0.5) is 4.39 Å². The zero-order valence-corrected chi connectivity index (χ0v) is 11.4. The standard InChI is InChI=1S/C15H14ClFN2O/c16-11-6-7-13(17)12(8-11)14(15(18)20)19-9-10-4-2-1-3-5-10/h1-8,14,19H,9H2,(H2,18,20). The molecule has 2 aromatic rings. The summed E-state index contributed by atoms with van der Waals surface area (Å²) in [6.45, 7) is 0.403. The number of nitrogens with one attached hydrogen (secondary N) is 1. The number of benzene rings is 2. The summed E-state index contributed by atoms with van der Waals surface area (Å²) >= 11 is 5.84. The minimum absolute atomic E-state index is 0.154. The average Bonchev–Trinajstić information content (AvgIpc) is 2.43. The minimum Gasteiger partial charge on any atom is -0.368 e. The van der Waals surface area contributed by atoms with Crippen molar-refractivity contribution in [1.82, 2.24) is 5.32 Å². The molecule has 0 radical (unpaired) electrons. The molecule has 0 heterocycles. The molecule has 5 heteroatoms. The fourth-order valence-corrected chi connectivity index (χ4v) is 2.10. The zero-order chi connectivity index (χ0) is 14.5. The van der Waals surface area contributed by atoms with Gasteiger partial charge in [-0.25, -0.2) is 4.39 Å². The number of nitrogens with two attached hydrogens (primary N) is 1. The molecule has 0 aliphatic rings. The van der Waals surface area contributed by atoms with Crippen LogP contribution in [-0.4, -0.2) is 5.91 Å². The molecule has 2 aromatic carbocycles. The molecule has 3 N–H and O–H groups in total. The number of carbonyl (C=O) groups excluding carboxylic acids is 1. The van der Waals surface area contributed by atoms with Crippen LogP contribution in [0.2, 0.25) is 5.02 Å². The van der Waals surface area contributed by atoms with E-state index in [1.807, 2.05) is 30.3 Å². The first-order valence-corrected chi connectivity index (χ1v) is 6.47. The Bertz CT molecular complexity index is 604. The van der Waals surface area contributed by atoms with E-state index in [1.165, 1.54) is 18.2 Å². The second-order valence-electron chi connectivity index (χ2n) is 4.37. The molecule has 0 aliphatic heterocycles. The van der Waals surface area contributed by atoms with Crippen LogP contribution in [0.5, 0.6) is 0 Å². The quantitative estimate of drug-likeness (QED) is 0.890. The number of amides is 1. The summed E-state index contributed by atoms with van der Waals surface area (Å²) in [7, 11) is 0. The third-order valence-electron chi connectivity index (χ3n) is 2.91. The first-order chi connectivity index (χ1) is 9.58. The number of carbonyl (C=O) groups is 1. The maximum Gasteiger partial charge on any atom is 0.239 e. The van der Waals surface area contributed by atoms with E-state index in [2.05, 4.69) is 5.32 Å². The lowest BCUT2D eigenvalue weighted by molar-refractivity contribution is -0.120. The van der Waals surface area contributed by atoms with Gasteiger partial charge in [0.15, 0.2) is 0 Å². The molecule has 1 atom stereocenters. The normalized spacial score (nSPS) is 12.1. The van der Waals surface area contributed by atoms with Crippen LogP contribution < -0.4 is 11.1 Å². The van der Waals surface area contributed by atoms with E-state index in [9.17, 15) is 9.18 Å². The minimum atomic E-state index is -0.922. The van der Waals surface area contributed by atoms with Crippen LogP contribution in [-0.2, 0) is 11.3 Å². The van der Waals surface area contributed by atoms with Crippen LogP contribution in [0.15, 0.2) is 48.5 Å². The monoisotopic (exact) mass is 292 g/mol. The molecule has 1 unspecified atom stereocenters. The summed E-state index contributed by atoms with van der Waals surface area (Å²) in [6.07, 6.45) is 0. The van der Waals surface area contributed by atoms with Gasteiger partial charge in [-0.3, -0.25) is 10.1 Å². The Kier molecular flexibility index (Phi) is 4.71. The maximum absolute atomic E-state index is 13.8. The van der Waals surface area contributed by atoms with Gasteiger partial charge in [-0.2, -0.15) is 0 Å². The van der Waals surface area contributed by atoms with Gasteiger partial charge in [0, 0.05) is 17.1 Å². The van der Waals surface area contributed by atoms with Gasteiger partial charge in [-0.1, -0.05) is 41.9 Å². The molecule has 0 saturated heterocycles. The summed E-state index contributed by atoms with van der Waals surface area (Å²) < 4.78 is 13.8. The Labute approximate surface area is 121 Å². The molecule has 0 aromatic heterocycles. The number of rotatable bonds is 5. The number of halogens is 2. The first-order valence-electron chi connectivity index (χ1n) is 6.09. The lowest BCUT2D eigenvalue weighted by atomic mass is 10.1. The van der Waals surface area contributed by atoms with E-state index in [0.29, 0.717) is 11.6 Å². The fourth-order valence-electron chi connectivity index (χ4n) is 1.92. The van der Waals surface area contributed by atoms with Gasteiger partial charge >= 0.3 is 0 Å². The lowest BCUT2D eigenvalue weighted by Crippen LogP contribution is -2.34. The Balaban J connectivity index is 2.19. The summed E-state index contributed by atoms with van der Waals surface area (Å²) in [5.74, 6) is -1.17. The van der Waals surface area contributed by atoms with Gasteiger partial charge < -0.3 is 5.73 Å². The molecule has 0 saturated carbocycles. The lowest BCUT2D eigenvalue weighted by Gasteiger charge is -2.17. The first kappa shape index (κ1) is 14.5. The van der Waals surface area contributed by atoms with E-state index in [1.54, 1.807) is 0 Å². The molecule has 2 rings (SSSR count). The van der Waals surface area contributed by atoms with Crippen molar-refractivity contribution in [2.75, 3.05) is 0 Å². The molecule has 1 amide bonds. The third kappa shape index (κ3) is 3.56. The molecule has 104 valence electrons. The highest BCUT2D eigenvalue weighted by Gasteiger charge is 2.21. The van der Waals surface area contributed by atoms with Gasteiger partial charge in [-0.15, -0.1) is 0 Å². The van der Waals surface area contributed by atoms with E-state index in [4.69, 9.17) is 17.3 Å². The van der Waals surface area contributed by atoms with Crippen LogP contribution in [0.25, 0.3) is 0 Å². The Morgan fingerprint density at radius 2 is 1.95 bits per heavy atom. The Morgan fingerprint density at radius 1 is 1.25 bits per heavy atom. The van der Waals surface area contributed by atoms with Crippen LogP contribution >= 0.6 is 11.6 Å². The van der Waals surface area contributed by atoms with Crippen LogP contribution in [0.1, 0.15) is 17.2 Å². The molecule has 0 fully saturated rings. The zero-order valence-electron chi connectivity index (χ0n) is 10.6. The van der Waals surface area contributed by atoms with Crippen LogP contribution in [0.3, 0.4) is 0 Å². The summed E-state index contributed by atoms with van der Waals surface area (Å²) in [4.78, 5) is 11.5. The van der Waals surface area contributed by atoms with Crippen molar-refractivity contribution >= 4 is 17.5 Å². The van der Waals surface area contributed by atoms with Gasteiger partial charge in [-0.05, 0) is 23.8 Å². The highest BCUT2D eigenvalue weighted by atomic mass is 35.5. The molecular weight excluding hydrogens is 279 g/mol. The van der Waals surface area contributed by atoms with Crippen molar-refractivity contribution < 1.29 is 9.18 Å². The predicted molar refractivity (Wildman–Crippen MR) is 76.6 cm³/mol. The summed E-state index contributed by atoms with van der Waals surface area (Å²) in [5.41, 5.74) is 6.47. The maximum atomic E-state index is 13.8. The molecule has 0 aliphatic carbocycles. The fraction of sp³-hybridized carbons (Fsp3) is 0.133. The van der Waals surface area contributed by atoms with Gasteiger partial charge in [0.2, 0.25) is 5.91 Å². The van der Waals surface area contributed by atoms with Crippen molar-refractivity contribution in [2.24, 2.45) is 5.73 Å². The Hall–Kier alpha value is -1.91. The molecular formula is C15H14ClFN2O. The molecule has 3 nitrogen and oxygen atoms in total. The molecule has 0 spiro atoms. The van der Waals surface area contributed by atoms with Gasteiger partial charge in [0.25, 0.3) is 0 Å². The van der Waals surface area contributed by atoms with E-state index in [0.717, 1.165) is 5.56 Å². The second-order valence-corrected chi connectivity index (χ2v) is 4.80. The van der Waals surface area contributed by atoms with Crippen molar-refractivity contribution in [2.45, 2.75) is 12.6 Å². The highest BCUT2D eigenvalue weighted by Crippen LogP contribution is 2.21. The SMILES string of the molecule is NC(=O)C(NCc1ccccc1)c1cc(Cl)ccc1F. The van der Waals surface area contributed by atoms with Gasteiger partial charge in [0.05, 0.1) is 0 Å². The third-order valence-corrected chi connectivity index (χ3v) is 3.14. The highest BCUT2D eigenvalue weighted by molar-refractivity contribution is 6.30. The molecule has 20 heavy (non-hydrogen) atoms. The number of primary amides is 1. The average molecular weight is 293 g/mol. The largest absolute Gasteiger partial charge is 0.368 e. The smallest absolute Gasteiger partial charge is 0.239 e. The van der Waals surface area contributed by atoms with Gasteiger partial charge in [0.1, 0.15) is 11.9 Å². The summed E-state index contributed by atoms with van der Waals surface area (Å²) in [5, 5.41) is 3.30. The molecule has 0 bridgehead atoms. The van der Waals surface area contributed by atoms with Crippen molar-refractivity contribution in [1.29, 1.82) is 0 Å². The number of hydrogen-bond donors (Lipinski definition) is 2. The second kappa shape index (κ2) is 6.50. The topological polar surface area (TPSA) is 55.1 Å².